The van der Waals surface area contributed by atoms with Crippen LogP contribution in [0.5, 0.6) is 0 Å². The molecular weight excluding hydrogens is 344 g/mol. The van der Waals surface area contributed by atoms with Crippen LogP contribution in [0.25, 0.3) is 0 Å². The van der Waals surface area contributed by atoms with E-state index in [1.54, 1.807) is 0 Å². The Morgan fingerprint density at radius 2 is 1.96 bits per heavy atom. The van der Waals surface area contributed by atoms with Crippen LogP contribution in [0.3, 0.4) is 0 Å². The van der Waals surface area contributed by atoms with Crippen LogP contribution in [0.15, 0.2) is 0 Å². The van der Waals surface area contributed by atoms with Crippen molar-refractivity contribution >= 4 is 5.91 Å². The van der Waals surface area contributed by atoms with Gasteiger partial charge in [0.25, 0.3) is 5.91 Å². The molecule has 1 N–H and O–H groups in total. The van der Waals surface area contributed by atoms with Gasteiger partial charge < -0.3 is 19.3 Å². The molecule has 0 radical (unpaired) electrons. The van der Waals surface area contributed by atoms with Crippen LogP contribution >= 0.6 is 0 Å². The molecule has 0 aromatic carbocycles. The fourth-order valence-corrected chi connectivity index (χ4v) is 4.58. The lowest BCUT2D eigenvalue weighted by Gasteiger charge is -2.32. The van der Waals surface area contributed by atoms with Gasteiger partial charge in [-0.2, -0.15) is 5.10 Å². The molecule has 0 spiro atoms. The number of amides is 1. The molecule has 0 unspecified atom stereocenters. The van der Waals surface area contributed by atoms with Gasteiger partial charge >= 0.3 is 0 Å². The fraction of sp³-hybridized carbons (Fsp3) is 0.800. The van der Waals surface area contributed by atoms with Gasteiger partial charge in [-0.25, -0.2) is 0 Å². The van der Waals surface area contributed by atoms with Crippen LogP contribution in [0.1, 0.15) is 67.4 Å². The summed E-state index contributed by atoms with van der Waals surface area (Å²) in [5, 5.41) is 7.37. The smallest absolute Gasteiger partial charge is 0.274 e. The number of carbonyl (C=O) groups is 1. The summed E-state index contributed by atoms with van der Waals surface area (Å²) in [7, 11) is 0. The first-order chi connectivity index (χ1) is 13.1. The number of aromatic amines is 1. The van der Waals surface area contributed by atoms with Gasteiger partial charge in [-0.3, -0.25) is 9.89 Å². The number of hydrogen-bond donors (Lipinski definition) is 1. The molecule has 3 aliphatic heterocycles. The molecule has 150 valence electrons. The molecule has 3 aliphatic rings. The molecule has 2 fully saturated rings. The molecule has 1 aromatic heterocycles. The minimum atomic E-state index is -0.0347. The highest BCUT2D eigenvalue weighted by Gasteiger charge is 2.32. The van der Waals surface area contributed by atoms with Gasteiger partial charge in [0.05, 0.1) is 30.6 Å². The summed E-state index contributed by atoms with van der Waals surface area (Å²) in [6, 6.07) is 0. The molecule has 7 nitrogen and oxygen atoms in total. The van der Waals surface area contributed by atoms with Crippen molar-refractivity contribution in [2.75, 3.05) is 39.3 Å². The maximum Gasteiger partial charge on any atom is 0.274 e. The number of ether oxygens (including phenoxy) is 2. The van der Waals surface area contributed by atoms with Gasteiger partial charge in [0.2, 0.25) is 0 Å². The lowest BCUT2D eigenvalue weighted by molar-refractivity contribution is -0.00722. The van der Waals surface area contributed by atoms with E-state index in [0.29, 0.717) is 5.69 Å². The number of carbonyl (C=O) groups excluding carboxylic acids is 1. The van der Waals surface area contributed by atoms with Crippen molar-refractivity contribution in [3.63, 3.8) is 0 Å². The zero-order valence-electron chi connectivity index (χ0n) is 16.6. The lowest BCUT2D eigenvalue weighted by Crippen LogP contribution is -2.42. The molecule has 2 atom stereocenters. The van der Waals surface area contributed by atoms with Crippen molar-refractivity contribution in [2.24, 2.45) is 0 Å². The monoisotopic (exact) mass is 376 g/mol. The highest BCUT2D eigenvalue weighted by Crippen LogP contribution is 2.31. The Labute approximate surface area is 161 Å². The summed E-state index contributed by atoms with van der Waals surface area (Å²) in [5.74, 6) is 0.0457. The molecular formula is C20H32N4O3. The van der Waals surface area contributed by atoms with Crippen LogP contribution in [-0.2, 0) is 15.9 Å². The number of nitrogens with zero attached hydrogens (tertiary/aromatic N) is 3. The van der Waals surface area contributed by atoms with Crippen molar-refractivity contribution < 1.29 is 14.3 Å². The van der Waals surface area contributed by atoms with E-state index < -0.39 is 0 Å². The maximum absolute atomic E-state index is 13.0. The average Bonchev–Trinajstić information content (AvgIpc) is 3.31. The molecule has 27 heavy (non-hydrogen) atoms. The normalized spacial score (nSPS) is 27.1. The first-order valence-electron chi connectivity index (χ1n) is 10.5. The van der Waals surface area contributed by atoms with E-state index in [-0.39, 0.29) is 24.2 Å². The third kappa shape index (κ3) is 4.20. The third-order valence-corrected chi connectivity index (χ3v) is 6.13. The predicted molar refractivity (Wildman–Crippen MR) is 102 cm³/mol. The van der Waals surface area contributed by atoms with E-state index in [4.69, 9.17) is 9.47 Å². The third-order valence-electron chi connectivity index (χ3n) is 6.13. The van der Waals surface area contributed by atoms with Crippen LogP contribution in [0.2, 0.25) is 0 Å². The summed E-state index contributed by atoms with van der Waals surface area (Å²) in [4.78, 5) is 17.4. The van der Waals surface area contributed by atoms with Crippen molar-refractivity contribution in [2.45, 2.75) is 64.3 Å². The van der Waals surface area contributed by atoms with E-state index >= 15 is 0 Å². The summed E-state index contributed by atoms with van der Waals surface area (Å²) in [6.45, 7) is 9.82. The molecule has 1 aromatic rings. The Balaban J connectivity index is 1.28. The Morgan fingerprint density at radius 1 is 1.22 bits per heavy atom. The number of fused-ring (bicyclic) bond motifs is 1. The molecule has 4 rings (SSSR count). The summed E-state index contributed by atoms with van der Waals surface area (Å²) < 4.78 is 11.9. The number of hydrogen-bond acceptors (Lipinski definition) is 5. The minimum Gasteiger partial charge on any atom is -0.377 e. The number of rotatable bonds is 5. The van der Waals surface area contributed by atoms with Gasteiger partial charge in [0, 0.05) is 31.6 Å². The highest BCUT2D eigenvalue weighted by molar-refractivity contribution is 5.94. The summed E-state index contributed by atoms with van der Waals surface area (Å²) in [6.07, 6.45) is 5.56. The molecule has 0 aliphatic carbocycles. The fourth-order valence-electron chi connectivity index (χ4n) is 4.58. The predicted octanol–water partition coefficient (Wildman–Crippen LogP) is 2.15. The second kappa shape index (κ2) is 8.29. The van der Waals surface area contributed by atoms with E-state index in [9.17, 15) is 4.79 Å². The molecule has 0 saturated carbocycles. The topological polar surface area (TPSA) is 70.7 Å². The first-order valence-corrected chi connectivity index (χ1v) is 10.5. The standard InChI is InChI=1S/C20H32N4O3/c1-14-13-17-18(15(2)27-14)21-22-19(17)20(25)24-9-5-16(6-10-24)26-12-11-23-7-3-4-8-23/h14-16H,3-13H2,1-2H3,(H,21,22)/t14-,15+/m1/s1. The minimum absolute atomic E-state index is 0.0347. The Bertz CT molecular complexity index is 648. The van der Waals surface area contributed by atoms with Crippen molar-refractivity contribution in [3.8, 4) is 0 Å². The summed E-state index contributed by atoms with van der Waals surface area (Å²) in [5.41, 5.74) is 2.58. The van der Waals surface area contributed by atoms with E-state index in [1.807, 2.05) is 18.7 Å². The zero-order valence-corrected chi connectivity index (χ0v) is 16.6. The first kappa shape index (κ1) is 18.9. The summed E-state index contributed by atoms with van der Waals surface area (Å²) >= 11 is 0. The number of likely N-dealkylation sites (tertiary alicyclic amines) is 2. The zero-order chi connectivity index (χ0) is 18.8. The SMILES string of the molecule is C[C@@H]1Cc2c(C(=O)N3CCC(OCCN4CCCC4)CC3)n[nH]c2[C@H](C)O1. The van der Waals surface area contributed by atoms with Crippen molar-refractivity contribution in [1.82, 2.24) is 20.0 Å². The molecule has 4 heterocycles. The van der Waals surface area contributed by atoms with Gasteiger partial charge in [0.15, 0.2) is 5.69 Å². The molecule has 7 heteroatoms. The van der Waals surface area contributed by atoms with Crippen molar-refractivity contribution in [1.29, 1.82) is 0 Å². The Hall–Kier alpha value is -1.44. The van der Waals surface area contributed by atoms with Gasteiger partial charge in [-0.15, -0.1) is 0 Å². The number of nitrogens with one attached hydrogen (secondary N) is 1. The van der Waals surface area contributed by atoms with Crippen LogP contribution in [-0.4, -0.2) is 77.4 Å². The van der Waals surface area contributed by atoms with Crippen LogP contribution in [0.4, 0.5) is 0 Å². The largest absolute Gasteiger partial charge is 0.377 e. The quantitative estimate of drug-likeness (QED) is 0.853. The second-order valence-corrected chi connectivity index (χ2v) is 8.17. The maximum atomic E-state index is 13.0. The Kier molecular flexibility index (Phi) is 5.80. The van der Waals surface area contributed by atoms with Gasteiger partial charge in [-0.1, -0.05) is 0 Å². The second-order valence-electron chi connectivity index (χ2n) is 8.17. The average molecular weight is 377 g/mol. The molecule has 0 bridgehead atoms. The molecule has 1 amide bonds. The molecule has 2 saturated heterocycles. The van der Waals surface area contributed by atoms with Crippen molar-refractivity contribution in [3.05, 3.63) is 17.0 Å². The van der Waals surface area contributed by atoms with Crippen LogP contribution < -0.4 is 0 Å². The van der Waals surface area contributed by atoms with Crippen LogP contribution in [0, 0.1) is 0 Å². The van der Waals surface area contributed by atoms with E-state index in [1.165, 1.54) is 25.9 Å². The number of aromatic nitrogens is 2. The van der Waals surface area contributed by atoms with Gasteiger partial charge in [-0.05, 0) is 52.6 Å². The lowest BCUT2D eigenvalue weighted by atomic mass is 9.98. The highest BCUT2D eigenvalue weighted by atomic mass is 16.5. The van der Waals surface area contributed by atoms with E-state index in [0.717, 1.165) is 56.8 Å². The number of piperidine rings is 1. The van der Waals surface area contributed by atoms with Gasteiger partial charge in [0.1, 0.15) is 0 Å². The van der Waals surface area contributed by atoms with E-state index in [2.05, 4.69) is 15.1 Å². The number of H-pyrrole nitrogens is 1. The Morgan fingerprint density at radius 3 is 2.70 bits per heavy atom.